The Kier molecular flexibility index (Phi) is 8.32. The van der Waals surface area contributed by atoms with Crippen molar-refractivity contribution >= 4 is 5.91 Å². The lowest BCUT2D eigenvalue weighted by Gasteiger charge is -2.19. The third-order valence-corrected chi connectivity index (χ3v) is 3.70. The Balaban J connectivity index is 2.18. The van der Waals surface area contributed by atoms with Crippen molar-refractivity contribution in [3.8, 4) is 0 Å². The topological polar surface area (TPSA) is 38.3 Å². The average molecular weight is 319 g/mol. The van der Waals surface area contributed by atoms with Gasteiger partial charge in [0, 0.05) is 26.2 Å². The molecule has 1 rings (SSSR count). The molecule has 0 fully saturated rings. The van der Waals surface area contributed by atoms with Gasteiger partial charge in [-0.1, -0.05) is 58.9 Å². The summed E-state index contributed by atoms with van der Waals surface area (Å²) < 4.78 is 5.49. The molecule has 0 unspecified atom stereocenters. The molecule has 23 heavy (non-hydrogen) atoms. The molecule has 3 heteroatoms. The number of hydrogen-bond donors (Lipinski definition) is 1. The molecule has 0 saturated heterocycles. The minimum atomic E-state index is 0.119. The van der Waals surface area contributed by atoms with E-state index in [0.29, 0.717) is 25.5 Å². The molecule has 0 bridgehead atoms. The summed E-state index contributed by atoms with van der Waals surface area (Å²) >= 11 is 0. The zero-order chi connectivity index (χ0) is 17.3. The summed E-state index contributed by atoms with van der Waals surface area (Å²) in [7, 11) is 0. The second kappa shape index (κ2) is 9.71. The molecule has 0 aromatic heterocycles. The first-order valence-electron chi connectivity index (χ1n) is 8.73. The summed E-state index contributed by atoms with van der Waals surface area (Å²) in [5, 5.41) is 2.96. The molecule has 3 nitrogen and oxygen atoms in total. The molecular weight excluding hydrogens is 286 g/mol. The van der Waals surface area contributed by atoms with Crippen LogP contribution >= 0.6 is 0 Å². The van der Waals surface area contributed by atoms with E-state index in [-0.39, 0.29) is 11.3 Å². The zero-order valence-electron chi connectivity index (χ0n) is 15.4. The third kappa shape index (κ3) is 8.75. The van der Waals surface area contributed by atoms with Crippen molar-refractivity contribution in [1.29, 1.82) is 0 Å². The van der Waals surface area contributed by atoms with E-state index in [2.05, 4.69) is 64.2 Å². The van der Waals surface area contributed by atoms with E-state index < -0.39 is 0 Å². The van der Waals surface area contributed by atoms with E-state index in [4.69, 9.17) is 4.74 Å². The van der Waals surface area contributed by atoms with Crippen LogP contribution in [0.5, 0.6) is 0 Å². The van der Waals surface area contributed by atoms with Crippen LogP contribution < -0.4 is 5.32 Å². The normalized spacial score (nSPS) is 11.7. The maximum Gasteiger partial charge on any atom is 0.220 e. The summed E-state index contributed by atoms with van der Waals surface area (Å²) in [5.74, 6) is 0.683. The molecule has 0 saturated carbocycles. The Morgan fingerprint density at radius 2 is 1.83 bits per heavy atom. The van der Waals surface area contributed by atoms with E-state index in [0.717, 1.165) is 19.4 Å². The second-order valence-corrected chi connectivity index (χ2v) is 7.62. The predicted molar refractivity (Wildman–Crippen MR) is 96.7 cm³/mol. The second-order valence-electron chi connectivity index (χ2n) is 7.62. The lowest BCUT2D eigenvalue weighted by Crippen LogP contribution is -2.25. The lowest BCUT2D eigenvalue weighted by molar-refractivity contribution is -0.121. The van der Waals surface area contributed by atoms with Crippen molar-refractivity contribution in [2.24, 2.45) is 5.92 Å². The zero-order valence-corrected chi connectivity index (χ0v) is 15.4. The summed E-state index contributed by atoms with van der Waals surface area (Å²) in [6, 6.07) is 8.60. The van der Waals surface area contributed by atoms with Gasteiger partial charge in [0.25, 0.3) is 0 Å². The highest BCUT2D eigenvalue weighted by Crippen LogP contribution is 2.22. The highest BCUT2D eigenvalue weighted by atomic mass is 16.5. The Bertz CT molecular complexity index is 458. The van der Waals surface area contributed by atoms with Gasteiger partial charge in [-0.3, -0.25) is 4.79 Å². The number of carbonyl (C=O) groups is 1. The first kappa shape index (κ1) is 19.7. The fraction of sp³-hybridized carbons (Fsp3) is 0.650. The fourth-order valence-electron chi connectivity index (χ4n) is 2.24. The van der Waals surface area contributed by atoms with Crippen LogP contribution in [-0.2, 0) is 21.4 Å². The van der Waals surface area contributed by atoms with Gasteiger partial charge in [-0.2, -0.15) is 0 Å². The minimum Gasteiger partial charge on any atom is -0.381 e. The van der Waals surface area contributed by atoms with Crippen LogP contribution in [0, 0.1) is 5.92 Å². The summed E-state index contributed by atoms with van der Waals surface area (Å²) in [5.41, 5.74) is 2.72. The number of benzene rings is 1. The highest BCUT2D eigenvalue weighted by Gasteiger charge is 2.12. The van der Waals surface area contributed by atoms with Gasteiger partial charge in [-0.15, -0.1) is 0 Å². The van der Waals surface area contributed by atoms with Crippen LogP contribution in [-0.4, -0.2) is 25.7 Å². The first-order chi connectivity index (χ1) is 10.8. The van der Waals surface area contributed by atoms with Crippen LogP contribution in [0.2, 0.25) is 0 Å². The van der Waals surface area contributed by atoms with Gasteiger partial charge in [0.05, 0.1) is 0 Å². The minimum absolute atomic E-state index is 0.119. The maximum absolute atomic E-state index is 11.8. The smallest absolute Gasteiger partial charge is 0.220 e. The van der Waals surface area contributed by atoms with Crippen molar-refractivity contribution in [1.82, 2.24) is 5.32 Å². The molecule has 0 aliphatic carbocycles. The summed E-state index contributed by atoms with van der Waals surface area (Å²) in [6.45, 7) is 13.1. The van der Waals surface area contributed by atoms with Crippen LogP contribution in [0.3, 0.4) is 0 Å². The molecular formula is C20H33NO2. The monoisotopic (exact) mass is 319 g/mol. The van der Waals surface area contributed by atoms with Crippen LogP contribution in [0.25, 0.3) is 0 Å². The largest absolute Gasteiger partial charge is 0.381 e. The number of nitrogens with one attached hydrogen (secondary N) is 1. The average Bonchev–Trinajstić information content (AvgIpc) is 2.48. The molecule has 0 aliphatic heterocycles. The SMILES string of the molecule is CC(C)COCCCNC(=O)CCc1ccc(C(C)(C)C)cc1. The molecule has 0 spiro atoms. The quantitative estimate of drug-likeness (QED) is 0.696. The van der Waals surface area contributed by atoms with Gasteiger partial charge in [0.1, 0.15) is 0 Å². The molecule has 0 radical (unpaired) electrons. The van der Waals surface area contributed by atoms with E-state index in [1.54, 1.807) is 0 Å². The van der Waals surface area contributed by atoms with E-state index in [9.17, 15) is 4.79 Å². The molecule has 0 heterocycles. The summed E-state index contributed by atoms with van der Waals surface area (Å²) in [6.07, 6.45) is 2.21. The Labute approximate surface area is 141 Å². The summed E-state index contributed by atoms with van der Waals surface area (Å²) in [4.78, 5) is 11.8. The van der Waals surface area contributed by atoms with E-state index >= 15 is 0 Å². The van der Waals surface area contributed by atoms with Crippen molar-refractivity contribution < 1.29 is 9.53 Å². The molecule has 0 atom stereocenters. The Morgan fingerprint density at radius 3 is 2.39 bits per heavy atom. The molecule has 1 N–H and O–H groups in total. The van der Waals surface area contributed by atoms with Gasteiger partial charge in [0.15, 0.2) is 0 Å². The molecule has 130 valence electrons. The Hall–Kier alpha value is -1.35. The maximum atomic E-state index is 11.8. The molecule has 1 amide bonds. The van der Waals surface area contributed by atoms with Gasteiger partial charge in [0.2, 0.25) is 5.91 Å². The number of hydrogen-bond acceptors (Lipinski definition) is 2. The van der Waals surface area contributed by atoms with Crippen molar-refractivity contribution in [3.63, 3.8) is 0 Å². The van der Waals surface area contributed by atoms with Gasteiger partial charge < -0.3 is 10.1 Å². The lowest BCUT2D eigenvalue weighted by atomic mass is 9.86. The van der Waals surface area contributed by atoms with Crippen molar-refractivity contribution in [2.75, 3.05) is 19.8 Å². The standard InChI is InChI=1S/C20H33NO2/c1-16(2)15-23-14-6-13-21-19(22)12-9-17-7-10-18(11-8-17)20(3,4)5/h7-8,10-11,16H,6,9,12-15H2,1-5H3,(H,21,22). The van der Waals surface area contributed by atoms with E-state index in [1.807, 2.05) is 0 Å². The van der Waals surface area contributed by atoms with Crippen LogP contribution in [0.15, 0.2) is 24.3 Å². The van der Waals surface area contributed by atoms with Gasteiger partial charge in [-0.25, -0.2) is 0 Å². The predicted octanol–water partition coefficient (Wildman–Crippen LogP) is 4.10. The molecule has 0 aliphatic rings. The van der Waals surface area contributed by atoms with E-state index in [1.165, 1.54) is 11.1 Å². The molecule has 1 aromatic rings. The van der Waals surface area contributed by atoms with Crippen molar-refractivity contribution in [3.05, 3.63) is 35.4 Å². The number of ether oxygens (including phenoxy) is 1. The number of carbonyl (C=O) groups excluding carboxylic acids is 1. The van der Waals surface area contributed by atoms with Gasteiger partial charge in [-0.05, 0) is 35.3 Å². The Morgan fingerprint density at radius 1 is 1.17 bits per heavy atom. The van der Waals surface area contributed by atoms with Crippen molar-refractivity contribution in [2.45, 2.75) is 59.3 Å². The number of rotatable bonds is 9. The number of amides is 1. The highest BCUT2D eigenvalue weighted by molar-refractivity contribution is 5.76. The fourth-order valence-corrected chi connectivity index (χ4v) is 2.24. The molecule has 1 aromatic carbocycles. The van der Waals surface area contributed by atoms with Gasteiger partial charge >= 0.3 is 0 Å². The van der Waals surface area contributed by atoms with Crippen LogP contribution in [0.4, 0.5) is 0 Å². The van der Waals surface area contributed by atoms with Crippen LogP contribution in [0.1, 0.15) is 58.6 Å². The first-order valence-corrected chi connectivity index (χ1v) is 8.73. The third-order valence-electron chi connectivity index (χ3n) is 3.70. The number of aryl methyl sites for hydroxylation is 1.